The third-order valence-corrected chi connectivity index (χ3v) is 3.85. The first-order valence-electron chi connectivity index (χ1n) is 8.19. The number of carbonyl (C=O) groups is 4. The zero-order valence-corrected chi connectivity index (χ0v) is 15.1. The molecule has 0 bridgehead atoms. The number of aliphatic hydroxyl groups excluding tert-OH is 2. The van der Waals surface area contributed by atoms with Crippen LogP contribution in [-0.2, 0) is 19.2 Å². The van der Waals surface area contributed by atoms with Crippen molar-refractivity contribution < 1.29 is 34.5 Å². The molecule has 150 valence electrons. The van der Waals surface area contributed by atoms with E-state index in [0.717, 1.165) is 0 Å². The smallest absolute Gasteiger partial charge is 0.322 e. The summed E-state index contributed by atoms with van der Waals surface area (Å²) in [5, 5.41) is 34.0. The van der Waals surface area contributed by atoms with Crippen LogP contribution in [0.1, 0.15) is 27.2 Å². The number of rotatable bonds is 11. The Kier molecular flexibility index (Phi) is 10.4. The molecule has 0 aromatic carbocycles. The Hall–Kier alpha value is -2.24. The molecule has 5 unspecified atom stereocenters. The first kappa shape index (κ1) is 23.8. The van der Waals surface area contributed by atoms with Gasteiger partial charge in [0.15, 0.2) is 0 Å². The number of aliphatic hydroxyl groups is 2. The molecule has 11 nitrogen and oxygen atoms in total. The number of nitrogens with two attached hydrogens (primary N) is 1. The van der Waals surface area contributed by atoms with Gasteiger partial charge in [-0.15, -0.1) is 0 Å². The average molecular weight is 376 g/mol. The number of carboxylic acid groups (broad SMARTS) is 1. The fourth-order valence-electron chi connectivity index (χ4n) is 1.91. The van der Waals surface area contributed by atoms with Crippen molar-refractivity contribution in [1.82, 2.24) is 16.0 Å². The molecule has 11 heteroatoms. The molecule has 0 aromatic heterocycles. The van der Waals surface area contributed by atoms with E-state index in [9.17, 15) is 29.4 Å². The van der Waals surface area contributed by atoms with Gasteiger partial charge in [-0.25, -0.2) is 0 Å². The van der Waals surface area contributed by atoms with Crippen LogP contribution in [0.4, 0.5) is 0 Å². The predicted molar refractivity (Wildman–Crippen MR) is 90.7 cm³/mol. The highest BCUT2D eigenvalue weighted by Crippen LogP contribution is 2.05. The van der Waals surface area contributed by atoms with Crippen LogP contribution in [0, 0.1) is 5.92 Å². The maximum atomic E-state index is 12.2. The van der Waals surface area contributed by atoms with Gasteiger partial charge in [0.05, 0.1) is 18.8 Å². The lowest BCUT2D eigenvalue weighted by Crippen LogP contribution is -2.60. The van der Waals surface area contributed by atoms with E-state index in [-0.39, 0.29) is 5.92 Å². The van der Waals surface area contributed by atoms with Gasteiger partial charge in [0, 0.05) is 0 Å². The maximum absolute atomic E-state index is 12.2. The summed E-state index contributed by atoms with van der Waals surface area (Å²) in [5.74, 6) is -3.93. The number of amides is 3. The summed E-state index contributed by atoms with van der Waals surface area (Å²) in [6.45, 7) is 3.37. The normalized spacial score (nSPS) is 16.5. The Morgan fingerprint density at radius 1 is 1.04 bits per heavy atom. The van der Waals surface area contributed by atoms with Gasteiger partial charge >= 0.3 is 5.97 Å². The number of carboxylic acids is 1. The number of nitrogens with one attached hydrogen (secondary N) is 3. The van der Waals surface area contributed by atoms with E-state index >= 15 is 0 Å². The molecule has 0 aromatic rings. The Morgan fingerprint density at radius 2 is 1.62 bits per heavy atom. The molecule has 0 aliphatic rings. The first-order chi connectivity index (χ1) is 12.0. The molecule has 3 amide bonds. The summed E-state index contributed by atoms with van der Waals surface area (Å²) in [4.78, 5) is 46.6. The molecular formula is C15H28N4O7. The molecule has 0 rings (SSSR count). The van der Waals surface area contributed by atoms with Crippen molar-refractivity contribution in [2.45, 2.75) is 51.4 Å². The Bertz CT molecular complexity index is 512. The number of aliphatic carboxylic acids is 1. The third-order valence-electron chi connectivity index (χ3n) is 3.85. The van der Waals surface area contributed by atoms with Crippen molar-refractivity contribution in [3.63, 3.8) is 0 Å². The van der Waals surface area contributed by atoms with Crippen molar-refractivity contribution in [3.05, 3.63) is 0 Å². The molecule has 0 saturated carbocycles. The molecule has 0 fully saturated rings. The maximum Gasteiger partial charge on any atom is 0.322 e. The van der Waals surface area contributed by atoms with Crippen molar-refractivity contribution in [2.75, 3.05) is 13.2 Å². The monoisotopic (exact) mass is 376 g/mol. The lowest BCUT2D eigenvalue weighted by molar-refractivity contribution is -0.139. The summed E-state index contributed by atoms with van der Waals surface area (Å²) >= 11 is 0. The summed E-state index contributed by atoms with van der Waals surface area (Å²) in [5.41, 5.74) is 5.75. The van der Waals surface area contributed by atoms with Gasteiger partial charge in [-0.2, -0.15) is 0 Å². The van der Waals surface area contributed by atoms with Gasteiger partial charge in [0.1, 0.15) is 18.6 Å². The lowest BCUT2D eigenvalue weighted by Gasteiger charge is -2.25. The minimum Gasteiger partial charge on any atom is -0.480 e. The zero-order valence-electron chi connectivity index (χ0n) is 15.1. The summed E-state index contributed by atoms with van der Waals surface area (Å²) in [7, 11) is 0. The topological polar surface area (TPSA) is 191 Å². The summed E-state index contributed by atoms with van der Waals surface area (Å²) in [6, 6.07) is -3.73. The van der Waals surface area contributed by atoms with Crippen LogP contribution in [0.2, 0.25) is 0 Å². The van der Waals surface area contributed by atoms with Crippen molar-refractivity contribution in [2.24, 2.45) is 11.7 Å². The van der Waals surface area contributed by atoms with Gasteiger partial charge in [-0.05, 0) is 12.8 Å². The van der Waals surface area contributed by atoms with Crippen molar-refractivity contribution in [3.8, 4) is 0 Å². The van der Waals surface area contributed by atoms with Crippen LogP contribution in [0.3, 0.4) is 0 Å². The minimum atomic E-state index is -1.46. The SMILES string of the molecule is CCC(C)C(N)C(=O)NC(CO)C(=O)NC(C(=O)NCC(=O)O)C(C)O. The molecule has 26 heavy (non-hydrogen) atoms. The highest BCUT2D eigenvalue weighted by atomic mass is 16.4. The van der Waals surface area contributed by atoms with E-state index in [1.54, 1.807) is 6.92 Å². The van der Waals surface area contributed by atoms with Gasteiger partial charge in [0.25, 0.3) is 0 Å². The molecule has 5 atom stereocenters. The molecule has 0 radical (unpaired) electrons. The summed E-state index contributed by atoms with van der Waals surface area (Å²) in [6.07, 6.45) is -0.705. The first-order valence-corrected chi connectivity index (χ1v) is 8.19. The number of hydrogen-bond acceptors (Lipinski definition) is 7. The highest BCUT2D eigenvalue weighted by Gasteiger charge is 2.31. The van der Waals surface area contributed by atoms with Crippen LogP contribution in [0.15, 0.2) is 0 Å². The standard InChI is InChI=1S/C15H28N4O7/c1-4-7(2)11(16)14(25)18-9(6-20)13(24)19-12(8(3)21)15(26)17-5-10(22)23/h7-9,11-12,20-21H,4-6,16H2,1-3H3,(H,17,26)(H,18,25)(H,19,24)(H,22,23). The lowest BCUT2D eigenvalue weighted by atomic mass is 9.99. The summed E-state index contributed by atoms with van der Waals surface area (Å²) < 4.78 is 0. The van der Waals surface area contributed by atoms with Crippen LogP contribution in [-0.4, -0.2) is 76.4 Å². The second-order valence-corrected chi connectivity index (χ2v) is 5.99. The molecular weight excluding hydrogens is 348 g/mol. The van der Waals surface area contributed by atoms with Gasteiger partial charge in [-0.1, -0.05) is 20.3 Å². The fourth-order valence-corrected chi connectivity index (χ4v) is 1.91. The molecule has 0 aliphatic heterocycles. The van der Waals surface area contributed by atoms with Gasteiger partial charge < -0.3 is 37.0 Å². The van der Waals surface area contributed by atoms with E-state index in [1.807, 2.05) is 12.2 Å². The van der Waals surface area contributed by atoms with Crippen molar-refractivity contribution >= 4 is 23.7 Å². The van der Waals surface area contributed by atoms with E-state index in [2.05, 4.69) is 10.6 Å². The van der Waals surface area contributed by atoms with Crippen LogP contribution >= 0.6 is 0 Å². The van der Waals surface area contributed by atoms with Gasteiger partial charge in [-0.3, -0.25) is 19.2 Å². The second-order valence-electron chi connectivity index (χ2n) is 5.99. The molecule has 0 heterocycles. The minimum absolute atomic E-state index is 0.149. The van der Waals surface area contributed by atoms with Crippen LogP contribution in [0.25, 0.3) is 0 Å². The molecule has 0 aliphatic carbocycles. The largest absolute Gasteiger partial charge is 0.480 e. The molecule has 0 saturated heterocycles. The molecule has 8 N–H and O–H groups in total. The predicted octanol–water partition coefficient (Wildman–Crippen LogP) is -3.10. The fraction of sp³-hybridized carbons (Fsp3) is 0.733. The number of carbonyl (C=O) groups excluding carboxylic acids is 3. The zero-order chi connectivity index (χ0) is 20.4. The third kappa shape index (κ3) is 7.76. The van der Waals surface area contributed by atoms with E-state index in [4.69, 9.17) is 10.8 Å². The number of hydrogen-bond donors (Lipinski definition) is 7. The Labute approximate surface area is 151 Å². The Morgan fingerprint density at radius 3 is 2.04 bits per heavy atom. The second kappa shape index (κ2) is 11.4. The Balaban J connectivity index is 4.95. The van der Waals surface area contributed by atoms with E-state index in [1.165, 1.54) is 6.92 Å². The average Bonchev–Trinajstić information content (AvgIpc) is 2.59. The van der Waals surface area contributed by atoms with E-state index in [0.29, 0.717) is 6.42 Å². The quantitative estimate of drug-likeness (QED) is 0.197. The van der Waals surface area contributed by atoms with Gasteiger partial charge in [0.2, 0.25) is 17.7 Å². The molecule has 0 spiro atoms. The van der Waals surface area contributed by atoms with E-state index < -0.39 is 61.1 Å². The highest BCUT2D eigenvalue weighted by molar-refractivity contribution is 5.94. The van der Waals surface area contributed by atoms with Crippen molar-refractivity contribution in [1.29, 1.82) is 0 Å². The van der Waals surface area contributed by atoms with Crippen LogP contribution < -0.4 is 21.7 Å². The van der Waals surface area contributed by atoms with Crippen LogP contribution in [0.5, 0.6) is 0 Å².